The van der Waals surface area contributed by atoms with Crippen molar-refractivity contribution in [3.8, 4) is 5.75 Å². The first-order valence-electron chi connectivity index (χ1n) is 12.2. The van der Waals surface area contributed by atoms with Crippen molar-refractivity contribution in [3.63, 3.8) is 0 Å². The Bertz CT molecular complexity index is 1070. The fraction of sp³-hybridized carbons (Fsp3) is 0.462. The predicted molar refractivity (Wildman–Crippen MR) is 130 cm³/mol. The number of nitrogens with one attached hydrogen (secondary N) is 1. The molecule has 14 heteroatoms. The van der Waals surface area contributed by atoms with Crippen LogP contribution in [0.5, 0.6) is 5.75 Å². The summed E-state index contributed by atoms with van der Waals surface area (Å²) in [6, 6.07) is 11.1. The van der Waals surface area contributed by atoms with Crippen LogP contribution in [0.2, 0.25) is 0 Å². The number of halogens is 6. The molecule has 0 saturated carbocycles. The van der Waals surface area contributed by atoms with Crippen molar-refractivity contribution in [2.45, 2.75) is 44.7 Å². The van der Waals surface area contributed by atoms with Gasteiger partial charge in [-0.15, -0.1) is 0 Å². The summed E-state index contributed by atoms with van der Waals surface area (Å²) in [5.74, 6) is -1.16. The molecule has 2 N–H and O–H groups in total. The molecular formula is C26H30F6N2O6. The summed E-state index contributed by atoms with van der Waals surface area (Å²) >= 11 is 0. The van der Waals surface area contributed by atoms with Crippen LogP contribution in [-0.2, 0) is 27.2 Å². The maximum absolute atomic E-state index is 13.1. The summed E-state index contributed by atoms with van der Waals surface area (Å²) in [5, 5.41) is 11.8. The summed E-state index contributed by atoms with van der Waals surface area (Å²) < 4.78 is 90.4. The van der Waals surface area contributed by atoms with Crippen LogP contribution in [-0.4, -0.2) is 73.3 Å². The number of alkyl halides is 5. The molecule has 1 unspecified atom stereocenters. The zero-order chi connectivity index (χ0) is 29.8. The fourth-order valence-corrected chi connectivity index (χ4v) is 3.37. The highest BCUT2D eigenvalue weighted by molar-refractivity contribution is 5.74. The molecule has 0 heterocycles. The molecule has 40 heavy (non-hydrogen) atoms. The molecule has 0 saturated heterocycles. The van der Waals surface area contributed by atoms with Crippen LogP contribution < -0.4 is 10.1 Å². The van der Waals surface area contributed by atoms with Crippen LogP contribution >= 0.6 is 0 Å². The normalized spacial score (nSPS) is 12.6. The summed E-state index contributed by atoms with van der Waals surface area (Å²) in [7, 11) is 0. The molecule has 2 aromatic rings. The molecule has 0 radical (unpaired) electrons. The van der Waals surface area contributed by atoms with Crippen molar-refractivity contribution < 1.29 is 55.2 Å². The smallest absolute Gasteiger partial charge is 0.482 e. The zero-order valence-corrected chi connectivity index (χ0v) is 21.6. The van der Waals surface area contributed by atoms with Crippen LogP contribution in [0.25, 0.3) is 0 Å². The van der Waals surface area contributed by atoms with Crippen LogP contribution in [0.1, 0.15) is 24.5 Å². The maximum Gasteiger partial charge on any atom is 0.482 e. The van der Waals surface area contributed by atoms with Crippen molar-refractivity contribution in [1.29, 1.82) is 0 Å². The van der Waals surface area contributed by atoms with E-state index in [-0.39, 0.29) is 45.7 Å². The van der Waals surface area contributed by atoms with Crippen molar-refractivity contribution in [3.05, 3.63) is 65.5 Å². The highest BCUT2D eigenvalue weighted by Gasteiger charge is 2.59. The molecule has 0 spiro atoms. The van der Waals surface area contributed by atoms with E-state index in [1.807, 2.05) is 0 Å². The third kappa shape index (κ3) is 10.9. The third-order valence-corrected chi connectivity index (χ3v) is 5.45. The Morgan fingerprint density at radius 1 is 0.950 bits per heavy atom. The van der Waals surface area contributed by atoms with Crippen molar-refractivity contribution >= 4 is 12.0 Å². The largest absolute Gasteiger partial charge is 0.492 e. The second-order valence-corrected chi connectivity index (χ2v) is 8.47. The zero-order valence-electron chi connectivity index (χ0n) is 21.6. The Balaban J connectivity index is 1.93. The number of benzene rings is 2. The van der Waals surface area contributed by atoms with Crippen LogP contribution in [0.4, 0.5) is 31.1 Å². The van der Waals surface area contributed by atoms with Gasteiger partial charge in [-0.05, 0) is 48.7 Å². The van der Waals surface area contributed by atoms with E-state index < -0.39 is 42.8 Å². The van der Waals surface area contributed by atoms with Crippen LogP contribution in [0.3, 0.4) is 0 Å². The number of rotatable bonds is 16. The Hall–Kier alpha value is -3.52. The van der Waals surface area contributed by atoms with Crippen molar-refractivity contribution in [2.24, 2.45) is 0 Å². The van der Waals surface area contributed by atoms with Gasteiger partial charge in [0.15, 0.2) is 6.10 Å². The minimum Gasteiger partial charge on any atom is -0.492 e. The number of carbonyl (C=O) groups excluding carboxylic acids is 1. The lowest BCUT2D eigenvalue weighted by atomic mass is 10.1. The standard InChI is InChI=1S/C26H30F6N2O6/c1-2-38-22(23(35)36)16-18-6-10-21(11-7-18)39-15-13-34(12-3-14-40-26(31,32)25(28,29)30)24(37)33-17-19-4-8-20(27)9-5-19/h4-11,22H,2-3,12-17H2,1H3,(H,33,37)(H,35,36). The van der Waals surface area contributed by atoms with E-state index in [1.165, 1.54) is 24.3 Å². The minimum absolute atomic E-state index is 0.0136. The fourth-order valence-electron chi connectivity index (χ4n) is 3.37. The van der Waals surface area contributed by atoms with Gasteiger partial charge in [0.05, 0.1) is 13.2 Å². The number of nitrogens with zero attached hydrogens (tertiary/aromatic N) is 1. The molecule has 0 aliphatic rings. The van der Waals surface area contributed by atoms with E-state index in [0.717, 1.165) is 4.90 Å². The van der Waals surface area contributed by atoms with E-state index in [1.54, 1.807) is 31.2 Å². The van der Waals surface area contributed by atoms with E-state index in [9.17, 15) is 41.0 Å². The van der Waals surface area contributed by atoms with E-state index in [2.05, 4.69) is 10.1 Å². The second-order valence-electron chi connectivity index (χ2n) is 8.47. The van der Waals surface area contributed by atoms with Gasteiger partial charge in [-0.1, -0.05) is 24.3 Å². The average Bonchev–Trinajstić information content (AvgIpc) is 2.89. The topological polar surface area (TPSA) is 97.3 Å². The van der Waals surface area contributed by atoms with Gasteiger partial charge in [0.1, 0.15) is 18.2 Å². The minimum atomic E-state index is -5.86. The third-order valence-electron chi connectivity index (χ3n) is 5.45. The van der Waals surface area contributed by atoms with Gasteiger partial charge < -0.3 is 29.5 Å². The number of aliphatic carboxylic acids is 1. The number of carbonyl (C=O) groups is 2. The Labute approximate surface area is 226 Å². The monoisotopic (exact) mass is 580 g/mol. The molecule has 0 aromatic heterocycles. The molecule has 8 nitrogen and oxygen atoms in total. The molecule has 0 aliphatic heterocycles. The molecule has 1 atom stereocenters. The Morgan fingerprint density at radius 2 is 1.57 bits per heavy atom. The van der Waals surface area contributed by atoms with E-state index >= 15 is 0 Å². The van der Waals surface area contributed by atoms with Gasteiger partial charge in [0.2, 0.25) is 0 Å². The molecular weight excluding hydrogens is 550 g/mol. The number of carboxylic acids is 1. The number of hydrogen-bond acceptors (Lipinski definition) is 5. The second kappa shape index (κ2) is 15.3. The number of amides is 2. The first kappa shape index (κ1) is 32.7. The SMILES string of the molecule is CCOC(Cc1ccc(OCCN(CCCOC(F)(F)C(F)(F)F)C(=O)NCc2ccc(F)cc2)cc1)C(=O)O. The number of urea groups is 1. The summed E-state index contributed by atoms with van der Waals surface area (Å²) in [6.45, 7) is 0.638. The molecule has 0 bridgehead atoms. The molecule has 222 valence electrons. The highest BCUT2D eigenvalue weighted by atomic mass is 19.4. The van der Waals surface area contributed by atoms with Gasteiger partial charge in [0, 0.05) is 26.1 Å². The summed E-state index contributed by atoms with van der Waals surface area (Å²) in [4.78, 5) is 25.1. The number of hydrogen-bond donors (Lipinski definition) is 2. The predicted octanol–water partition coefficient (Wildman–Crippen LogP) is 5.01. The molecule has 2 rings (SSSR count). The Morgan fingerprint density at radius 3 is 2.15 bits per heavy atom. The van der Waals surface area contributed by atoms with E-state index in [4.69, 9.17) is 9.47 Å². The molecule has 0 aliphatic carbocycles. The Kier molecular flexibility index (Phi) is 12.5. The highest BCUT2D eigenvalue weighted by Crippen LogP contribution is 2.36. The summed E-state index contributed by atoms with van der Waals surface area (Å²) in [6.07, 6.45) is -12.4. The van der Waals surface area contributed by atoms with Crippen LogP contribution in [0, 0.1) is 5.82 Å². The van der Waals surface area contributed by atoms with Gasteiger partial charge >= 0.3 is 24.3 Å². The van der Waals surface area contributed by atoms with Gasteiger partial charge in [-0.2, -0.15) is 22.0 Å². The van der Waals surface area contributed by atoms with Crippen LogP contribution in [0.15, 0.2) is 48.5 Å². The maximum atomic E-state index is 13.1. The lowest BCUT2D eigenvalue weighted by molar-refractivity contribution is -0.391. The average molecular weight is 581 g/mol. The molecule has 0 fully saturated rings. The van der Waals surface area contributed by atoms with Crippen molar-refractivity contribution in [1.82, 2.24) is 10.2 Å². The van der Waals surface area contributed by atoms with E-state index in [0.29, 0.717) is 16.9 Å². The van der Waals surface area contributed by atoms with Crippen molar-refractivity contribution in [2.75, 3.05) is 32.9 Å². The lowest BCUT2D eigenvalue weighted by Gasteiger charge is -2.24. The van der Waals surface area contributed by atoms with Gasteiger partial charge in [0.25, 0.3) is 0 Å². The molecule has 2 aromatic carbocycles. The number of carboxylic acid groups (broad SMARTS) is 1. The summed E-state index contributed by atoms with van der Waals surface area (Å²) in [5.41, 5.74) is 1.26. The number of ether oxygens (including phenoxy) is 3. The first-order chi connectivity index (χ1) is 18.8. The van der Waals surface area contributed by atoms with Gasteiger partial charge in [-0.25, -0.2) is 14.0 Å². The van der Waals surface area contributed by atoms with Gasteiger partial charge in [-0.3, -0.25) is 0 Å². The first-order valence-corrected chi connectivity index (χ1v) is 12.2. The quantitative estimate of drug-likeness (QED) is 0.214. The molecule has 2 amide bonds. The lowest BCUT2D eigenvalue weighted by Crippen LogP contribution is -2.43.